The average molecular weight is 417 g/mol. The van der Waals surface area contributed by atoms with Crippen molar-refractivity contribution in [3.63, 3.8) is 0 Å². The van der Waals surface area contributed by atoms with Gasteiger partial charge in [0.15, 0.2) is 0 Å². The molecular formula is C28H17ClN2. The van der Waals surface area contributed by atoms with Gasteiger partial charge >= 0.3 is 0 Å². The van der Waals surface area contributed by atoms with Crippen LogP contribution in [0, 0.1) is 0 Å². The molecule has 0 fully saturated rings. The summed E-state index contributed by atoms with van der Waals surface area (Å²) in [6, 6.07) is 35.7. The molecule has 6 aromatic rings. The van der Waals surface area contributed by atoms with Gasteiger partial charge in [0, 0.05) is 10.9 Å². The first-order valence-electron chi connectivity index (χ1n) is 10.2. The van der Waals surface area contributed by atoms with Gasteiger partial charge in [-0.1, -0.05) is 84.9 Å². The van der Waals surface area contributed by atoms with E-state index in [1.165, 1.54) is 16.2 Å². The van der Waals surface area contributed by atoms with Crippen molar-refractivity contribution in [3.8, 4) is 22.4 Å². The van der Waals surface area contributed by atoms with Crippen LogP contribution in [0.1, 0.15) is 0 Å². The zero-order valence-corrected chi connectivity index (χ0v) is 17.3. The molecule has 0 bridgehead atoms. The van der Waals surface area contributed by atoms with Gasteiger partial charge in [0.1, 0.15) is 0 Å². The summed E-state index contributed by atoms with van der Waals surface area (Å²) < 4.78 is 0. The van der Waals surface area contributed by atoms with Crippen molar-refractivity contribution in [1.82, 2.24) is 9.97 Å². The fourth-order valence-corrected chi connectivity index (χ4v) is 4.54. The summed E-state index contributed by atoms with van der Waals surface area (Å²) in [6.07, 6.45) is 0. The third-order valence-corrected chi connectivity index (χ3v) is 5.97. The molecule has 0 unspecified atom stereocenters. The quantitative estimate of drug-likeness (QED) is 0.211. The van der Waals surface area contributed by atoms with Gasteiger partial charge in [-0.3, -0.25) is 0 Å². The van der Waals surface area contributed by atoms with E-state index in [2.05, 4.69) is 94.9 Å². The van der Waals surface area contributed by atoms with E-state index in [1.54, 1.807) is 0 Å². The first kappa shape index (κ1) is 18.1. The SMILES string of the molecule is Clc1nc(-c2cc3ccccc3c3ccccc23)c2ccc(-c3ccccc3)cc2n1. The van der Waals surface area contributed by atoms with Gasteiger partial charge in [-0.05, 0) is 62.5 Å². The van der Waals surface area contributed by atoms with E-state index in [0.29, 0.717) is 0 Å². The Bertz CT molecular complexity index is 1590. The van der Waals surface area contributed by atoms with Crippen LogP contribution in [-0.2, 0) is 0 Å². The van der Waals surface area contributed by atoms with Crippen LogP contribution < -0.4 is 0 Å². The standard InChI is InChI=1S/C28H17ClN2/c29-28-30-26-17-19(18-8-2-1-3-9-18)14-15-24(26)27(31-28)25-16-20-10-4-5-11-21(20)22-12-6-7-13-23(22)25/h1-17H. The van der Waals surface area contributed by atoms with Crippen LogP contribution in [0.5, 0.6) is 0 Å². The molecule has 0 N–H and O–H groups in total. The molecule has 0 saturated carbocycles. The Balaban J connectivity index is 1.67. The average Bonchev–Trinajstić information content (AvgIpc) is 2.83. The predicted octanol–water partition coefficient (Wildman–Crippen LogP) is 7.92. The van der Waals surface area contributed by atoms with E-state index in [9.17, 15) is 0 Å². The summed E-state index contributed by atoms with van der Waals surface area (Å²) in [5, 5.41) is 6.02. The maximum atomic E-state index is 6.42. The second kappa shape index (κ2) is 7.19. The molecule has 2 nitrogen and oxygen atoms in total. The van der Waals surface area contributed by atoms with Gasteiger partial charge in [0.2, 0.25) is 5.28 Å². The Morgan fingerprint density at radius 3 is 2.06 bits per heavy atom. The number of nitrogens with zero attached hydrogens (tertiary/aromatic N) is 2. The molecule has 0 atom stereocenters. The second-order valence-electron chi connectivity index (χ2n) is 7.63. The van der Waals surface area contributed by atoms with Gasteiger partial charge in [-0.25, -0.2) is 9.97 Å². The molecule has 0 saturated heterocycles. The smallest absolute Gasteiger partial charge is 0.218 e. The van der Waals surface area contributed by atoms with Crippen molar-refractivity contribution in [2.75, 3.05) is 0 Å². The highest BCUT2D eigenvalue weighted by atomic mass is 35.5. The van der Waals surface area contributed by atoms with Crippen molar-refractivity contribution in [2.24, 2.45) is 0 Å². The molecule has 0 spiro atoms. The lowest BCUT2D eigenvalue weighted by Gasteiger charge is -2.13. The zero-order valence-electron chi connectivity index (χ0n) is 16.6. The molecule has 31 heavy (non-hydrogen) atoms. The highest BCUT2D eigenvalue weighted by molar-refractivity contribution is 6.29. The van der Waals surface area contributed by atoms with E-state index in [0.717, 1.165) is 38.7 Å². The zero-order chi connectivity index (χ0) is 20.8. The minimum atomic E-state index is 0.255. The Kier molecular flexibility index (Phi) is 4.19. The number of rotatable bonds is 2. The molecule has 1 aromatic heterocycles. The van der Waals surface area contributed by atoms with Gasteiger partial charge in [-0.15, -0.1) is 0 Å². The predicted molar refractivity (Wildman–Crippen MR) is 130 cm³/mol. The molecule has 0 radical (unpaired) electrons. The number of benzene rings is 5. The largest absolute Gasteiger partial charge is 0.223 e. The maximum absolute atomic E-state index is 6.42. The van der Waals surface area contributed by atoms with Crippen LogP contribution in [-0.4, -0.2) is 9.97 Å². The molecule has 0 aliphatic heterocycles. The first-order valence-corrected chi connectivity index (χ1v) is 10.6. The van der Waals surface area contributed by atoms with Gasteiger partial charge in [-0.2, -0.15) is 0 Å². The van der Waals surface area contributed by atoms with Gasteiger partial charge in [0.25, 0.3) is 0 Å². The summed E-state index contributed by atoms with van der Waals surface area (Å²) in [5.41, 5.74) is 5.02. The Morgan fingerprint density at radius 2 is 1.23 bits per heavy atom. The number of aromatic nitrogens is 2. The third kappa shape index (κ3) is 3.04. The van der Waals surface area contributed by atoms with E-state index in [1.807, 2.05) is 18.2 Å². The fraction of sp³-hybridized carbons (Fsp3) is 0. The lowest BCUT2D eigenvalue weighted by molar-refractivity contribution is 1.23. The van der Waals surface area contributed by atoms with E-state index in [-0.39, 0.29) is 5.28 Å². The summed E-state index contributed by atoms with van der Waals surface area (Å²) in [6.45, 7) is 0. The molecule has 146 valence electrons. The van der Waals surface area contributed by atoms with Gasteiger partial charge in [0.05, 0.1) is 11.2 Å². The van der Waals surface area contributed by atoms with E-state index >= 15 is 0 Å². The maximum Gasteiger partial charge on any atom is 0.223 e. The fourth-order valence-electron chi connectivity index (χ4n) is 4.37. The second-order valence-corrected chi connectivity index (χ2v) is 7.97. The van der Waals surface area contributed by atoms with Crippen LogP contribution in [0.25, 0.3) is 54.8 Å². The summed E-state index contributed by atoms with van der Waals surface area (Å²) in [5.74, 6) is 0. The van der Waals surface area contributed by atoms with Crippen LogP contribution in [0.4, 0.5) is 0 Å². The molecular weight excluding hydrogens is 400 g/mol. The van der Waals surface area contributed by atoms with Gasteiger partial charge < -0.3 is 0 Å². The third-order valence-electron chi connectivity index (χ3n) is 5.80. The molecule has 0 aliphatic carbocycles. The van der Waals surface area contributed by atoms with Crippen LogP contribution in [0.2, 0.25) is 5.28 Å². The van der Waals surface area contributed by atoms with E-state index < -0.39 is 0 Å². The Morgan fingerprint density at radius 1 is 0.516 bits per heavy atom. The number of hydrogen-bond donors (Lipinski definition) is 0. The van der Waals surface area contributed by atoms with Crippen LogP contribution in [0.15, 0.2) is 103 Å². The summed E-state index contributed by atoms with van der Waals surface area (Å²) in [4.78, 5) is 9.23. The molecule has 0 aliphatic rings. The topological polar surface area (TPSA) is 25.8 Å². The highest BCUT2D eigenvalue weighted by Crippen LogP contribution is 2.38. The van der Waals surface area contributed by atoms with Crippen molar-refractivity contribution in [2.45, 2.75) is 0 Å². The molecule has 5 aromatic carbocycles. The summed E-state index contributed by atoms with van der Waals surface area (Å²) in [7, 11) is 0. The minimum absolute atomic E-state index is 0.255. The van der Waals surface area contributed by atoms with Crippen LogP contribution in [0.3, 0.4) is 0 Å². The highest BCUT2D eigenvalue weighted by Gasteiger charge is 2.14. The van der Waals surface area contributed by atoms with Crippen molar-refractivity contribution in [3.05, 3.63) is 108 Å². The summed E-state index contributed by atoms with van der Waals surface area (Å²) >= 11 is 6.42. The number of halogens is 1. The minimum Gasteiger partial charge on any atom is -0.218 e. The first-order chi connectivity index (χ1) is 15.3. The molecule has 1 heterocycles. The monoisotopic (exact) mass is 416 g/mol. The Labute approximate surface area is 184 Å². The van der Waals surface area contributed by atoms with Crippen molar-refractivity contribution >= 4 is 44.0 Å². The normalized spacial score (nSPS) is 11.4. The number of hydrogen-bond acceptors (Lipinski definition) is 2. The molecule has 3 heteroatoms. The van der Waals surface area contributed by atoms with Crippen molar-refractivity contribution in [1.29, 1.82) is 0 Å². The van der Waals surface area contributed by atoms with E-state index in [4.69, 9.17) is 11.6 Å². The number of fused-ring (bicyclic) bond motifs is 4. The molecule has 0 amide bonds. The lowest BCUT2D eigenvalue weighted by Crippen LogP contribution is -1.93. The van der Waals surface area contributed by atoms with Crippen molar-refractivity contribution < 1.29 is 0 Å². The lowest BCUT2D eigenvalue weighted by atomic mass is 9.93. The Hall–Kier alpha value is -3.75. The van der Waals surface area contributed by atoms with Crippen LogP contribution >= 0.6 is 11.6 Å². The molecule has 6 rings (SSSR count).